The minimum atomic E-state index is 0.179. The first-order chi connectivity index (χ1) is 7.27. The third-order valence-corrected chi connectivity index (χ3v) is 3.36. The van der Waals surface area contributed by atoms with Crippen molar-refractivity contribution in [2.75, 3.05) is 26.3 Å². The number of amides is 1. The molecule has 1 aliphatic heterocycles. The average Bonchev–Trinajstić information content (AvgIpc) is 2.53. The lowest BCUT2D eigenvalue weighted by molar-refractivity contribution is -0.135. The summed E-state index contributed by atoms with van der Waals surface area (Å²) in [5, 5.41) is 0. The zero-order valence-corrected chi connectivity index (χ0v) is 9.15. The Labute approximate surface area is 90.8 Å². The van der Waals surface area contributed by atoms with Crippen LogP contribution in [0.3, 0.4) is 0 Å². The standard InChI is InChI=1S/C11H20N2O2/c12-10-3-2-9(8-10)11(14)13-4-1-6-15-7-5-13/h9-10H,1-8,12H2. The van der Waals surface area contributed by atoms with Crippen LogP contribution in [0.15, 0.2) is 0 Å². The summed E-state index contributed by atoms with van der Waals surface area (Å²) in [6.45, 7) is 3.08. The van der Waals surface area contributed by atoms with Gasteiger partial charge in [-0.15, -0.1) is 0 Å². The molecule has 2 fully saturated rings. The van der Waals surface area contributed by atoms with Gasteiger partial charge in [0, 0.05) is 31.7 Å². The molecule has 1 saturated carbocycles. The molecule has 0 aromatic carbocycles. The zero-order valence-electron chi connectivity index (χ0n) is 9.15. The Hall–Kier alpha value is -0.610. The van der Waals surface area contributed by atoms with Crippen LogP contribution in [0.1, 0.15) is 25.7 Å². The average molecular weight is 212 g/mol. The molecule has 86 valence electrons. The van der Waals surface area contributed by atoms with Crippen molar-refractivity contribution in [1.29, 1.82) is 0 Å². The van der Waals surface area contributed by atoms with Crippen molar-refractivity contribution in [3.8, 4) is 0 Å². The first kappa shape index (κ1) is 10.9. The molecule has 1 aliphatic carbocycles. The molecule has 2 rings (SSSR count). The van der Waals surface area contributed by atoms with Crippen LogP contribution in [-0.4, -0.2) is 43.2 Å². The van der Waals surface area contributed by atoms with E-state index in [0.717, 1.165) is 45.4 Å². The summed E-state index contributed by atoms with van der Waals surface area (Å²) in [6.07, 6.45) is 3.80. The van der Waals surface area contributed by atoms with Gasteiger partial charge in [-0.25, -0.2) is 0 Å². The van der Waals surface area contributed by atoms with Gasteiger partial charge in [0.25, 0.3) is 0 Å². The molecule has 4 heteroatoms. The molecular formula is C11H20N2O2. The fraction of sp³-hybridized carbons (Fsp3) is 0.909. The number of nitrogens with two attached hydrogens (primary N) is 1. The molecule has 0 bridgehead atoms. The molecule has 2 N–H and O–H groups in total. The van der Waals surface area contributed by atoms with Crippen LogP contribution in [0.2, 0.25) is 0 Å². The fourth-order valence-corrected chi connectivity index (χ4v) is 2.47. The maximum atomic E-state index is 12.1. The zero-order chi connectivity index (χ0) is 10.7. The predicted molar refractivity (Wildman–Crippen MR) is 57.3 cm³/mol. The SMILES string of the molecule is NC1CCC(C(=O)N2CCCOCC2)C1. The van der Waals surface area contributed by atoms with Crippen molar-refractivity contribution in [1.82, 2.24) is 4.90 Å². The van der Waals surface area contributed by atoms with Gasteiger partial charge in [-0.05, 0) is 25.7 Å². The number of carbonyl (C=O) groups is 1. The summed E-state index contributed by atoms with van der Waals surface area (Å²) in [5.41, 5.74) is 5.83. The minimum absolute atomic E-state index is 0.179. The maximum absolute atomic E-state index is 12.1. The third-order valence-electron chi connectivity index (χ3n) is 3.36. The first-order valence-electron chi connectivity index (χ1n) is 5.89. The number of carbonyl (C=O) groups excluding carboxylic acids is 1. The monoisotopic (exact) mass is 212 g/mol. The van der Waals surface area contributed by atoms with Gasteiger partial charge < -0.3 is 15.4 Å². The second kappa shape index (κ2) is 4.94. The molecule has 1 amide bonds. The lowest BCUT2D eigenvalue weighted by atomic mass is 10.1. The summed E-state index contributed by atoms with van der Waals surface area (Å²) in [5.74, 6) is 0.478. The lowest BCUT2D eigenvalue weighted by Gasteiger charge is -2.23. The molecule has 1 saturated heterocycles. The van der Waals surface area contributed by atoms with Crippen LogP contribution in [0.5, 0.6) is 0 Å². The highest BCUT2D eigenvalue weighted by Crippen LogP contribution is 2.26. The van der Waals surface area contributed by atoms with Gasteiger partial charge in [0.05, 0.1) is 6.61 Å². The highest BCUT2D eigenvalue weighted by molar-refractivity contribution is 5.79. The number of hydrogen-bond acceptors (Lipinski definition) is 3. The summed E-state index contributed by atoms with van der Waals surface area (Å²) >= 11 is 0. The van der Waals surface area contributed by atoms with Gasteiger partial charge in [-0.1, -0.05) is 0 Å². The normalized spacial score (nSPS) is 32.7. The van der Waals surface area contributed by atoms with Gasteiger partial charge in [0.15, 0.2) is 0 Å². The molecule has 0 spiro atoms. The molecule has 2 aliphatic rings. The van der Waals surface area contributed by atoms with Crippen LogP contribution >= 0.6 is 0 Å². The van der Waals surface area contributed by atoms with E-state index in [2.05, 4.69) is 0 Å². The van der Waals surface area contributed by atoms with Gasteiger partial charge in [-0.2, -0.15) is 0 Å². The number of hydrogen-bond donors (Lipinski definition) is 1. The Morgan fingerprint density at radius 3 is 2.87 bits per heavy atom. The van der Waals surface area contributed by atoms with E-state index in [9.17, 15) is 4.79 Å². The fourth-order valence-electron chi connectivity index (χ4n) is 2.47. The number of nitrogens with zero attached hydrogens (tertiary/aromatic N) is 1. The van der Waals surface area contributed by atoms with E-state index in [-0.39, 0.29) is 12.0 Å². The Kier molecular flexibility index (Phi) is 3.59. The molecular weight excluding hydrogens is 192 g/mol. The Morgan fingerprint density at radius 1 is 1.27 bits per heavy atom. The van der Waals surface area contributed by atoms with Crippen LogP contribution < -0.4 is 5.73 Å². The van der Waals surface area contributed by atoms with Gasteiger partial charge in [-0.3, -0.25) is 4.79 Å². The Morgan fingerprint density at radius 2 is 2.13 bits per heavy atom. The lowest BCUT2D eigenvalue weighted by Crippen LogP contribution is -2.37. The Bertz CT molecular complexity index is 225. The Balaban J connectivity index is 1.88. The van der Waals surface area contributed by atoms with Crippen molar-refractivity contribution in [3.05, 3.63) is 0 Å². The highest BCUT2D eigenvalue weighted by Gasteiger charge is 2.31. The summed E-state index contributed by atoms with van der Waals surface area (Å²) in [4.78, 5) is 14.1. The molecule has 15 heavy (non-hydrogen) atoms. The van der Waals surface area contributed by atoms with Gasteiger partial charge in [0.2, 0.25) is 5.91 Å². The molecule has 0 aromatic rings. The second-order valence-electron chi connectivity index (χ2n) is 4.56. The van der Waals surface area contributed by atoms with Crippen LogP contribution in [0, 0.1) is 5.92 Å². The summed E-state index contributed by atoms with van der Waals surface area (Å²) < 4.78 is 5.34. The molecule has 1 heterocycles. The van der Waals surface area contributed by atoms with Crippen molar-refractivity contribution in [3.63, 3.8) is 0 Å². The first-order valence-corrected chi connectivity index (χ1v) is 5.89. The smallest absolute Gasteiger partial charge is 0.225 e. The van der Waals surface area contributed by atoms with Gasteiger partial charge >= 0.3 is 0 Å². The third kappa shape index (κ3) is 2.69. The van der Waals surface area contributed by atoms with E-state index < -0.39 is 0 Å². The minimum Gasteiger partial charge on any atom is -0.380 e. The molecule has 2 unspecified atom stereocenters. The van der Waals surface area contributed by atoms with E-state index in [1.165, 1.54) is 0 Å². The highest BCUT2D eigenvalue weighted by atomic mass is 16.5. The molecule has 2 atom stereocenters. The predicted octanol–water partition coefficient (Wildman–Crippen LogP) is 0.363. The van der Waals surface area contributed by atoms with E-state index >= 15 is 0 Å². The van der Waals surface area contributed by atoms with Gasteiger partial charge in [0.1, 0.15) is 0 Å². The van der Waals surface area contributed by atoms with E-state index in [0.29, 0.717) is 12.5 Å². The largest absolute Gasteiger partial charge is 0.380 e. The van der Waals surface area contributed by atoms with Crippen LogP contribution in [-0.2, 0) is 9.53 Å². The van der Waals surface area contributed by atoms with Crippen LogP contribution in [0.25, 0.3) is 0 Å². The topological polar surface area (TPSA) is 55.6 Å². The molecule has 0 aromatic heterocycles. The second-order valence-corrected chi connectivity index (χ2v) is 4.56. The number of rotatable bonds is 1. The van der Waals surface area contributed by atoms with E-state index in [4.69, 9.17) is 10.5 Å². The van der Waals surface area contributed by atoms with Crippen molar-refractivity contribution < 1.29 is 9.53 Å². The van der Waals surface area contributed by atoms with Crippen molar-refractivity contribution in [2.45, 2.75) is 31.7 Å². The van der Waals surface area contributed by atoms with Crippen molar-refractivity contribution >= 4 is 5.91 Å². The summed E-state index contributed by atoms with van der Waals surface area (Å²) in [6, 6.07) is 0.238. The molecule has 0 radical (unpaired) electrons. The number of ether oxygens (including phenoxy) is 1. The quantitative estimate of drug-likeness (QED) is 0.683. The molecule has 4 nitrogen and oxygen atoms in total. The van der Waals surface area contributed by atoms with E-state index in [1.807, 2.05) is 4.90 Å². The summed E-state index contributed by atoms with van der Waals surface area (Å²) in [7, 11) is 0. The maximum Gasteiger partial charge on any atom is 0.225 e. The van der Waals surface area contributed by atoms with E-state index in [1.54, 1.807) is 0 Å². The van der Waals surface area contributed by atoms with Crippen molar-refractivity contribution in [2.24, 2.45) is 11.7 Å². The van der Waals surface area contributed by atoms with Crippen LogP contribution in [0.4, 0.5) is 0 Å².